The molecule has 1 aromatic carbocycles. The third-order valence-electron chi connectivity index (χ3n) is 4.60. The Kier molecular flexibility index (Phi) is 5.65. The highest BCUT2D eigenvalue weighted by Crippen LogP contribution is 2.14. The molecule has 7 nitrogen and oxygen atoms in total. The Morgan fingerprint density at radius 3 is 2.52 bits per heavy atom. The second kappa shape index (κ2) is 8.11. The molecule has 3 N–H and O–H groups in total. The molecule has 0 spiro atoms. The van der Waals surface area contributed by atoms with Crippen LogP contribution in [0, 0.1) is 0 Å². The number of rotatable bonds is 4. The lowest BCUT2D eigenvalue weighted by Crippen LogP contribution is -2.58. The fraction of sp³-hybridized carbons (Fsp3) is 0.500. The van der Waals surface area contributed by atoms with Gasteiger partial charge in [0.2, 0.25) is 11.8 Å². The van der Waals surface area contributed by atoms with Crippen molar-refractivity contribution in [1.82, 2.24) is 20.9 Å². The first-order valence-electron chi connectivity index (χ1n) is 8.79. The topological polar surface area (TPSA) is 90.5 Å². The monoisotopic (exact) mass is 344 g/mol. The predicted molar refractivity (Wildman–Crippen MR) is 92.8 cm³/mol. The Morgan fingerprint density at radius 2 is 1.84 bits per heavy atom. The van der Waals surface area contributed by atoms with Gasteiger partial charge in [0.05, 0.1) is 6.54 Å². The Hall–Kier alpha value is -2.41. The van der Waals surface area contributed by atoms with E-state index in [1.165, 1.54) is 6.42 Å². The van der Waals surface area contributed by atoms with E-state index in [2.05, 4.69) is 16.0 Å². The van der Waals surface area contributed by atoms with Gasteiger partial charge in [-0.1, -0.05) is 12.1 Å². The summed E-state index contributed by atoms with van der Waals surface area (Å²) in [5.74, 6) is -0.313. The van der Waals surface area contributed by atoms with E-state index in [-0.39, 0.29) is 24.3 Å². The average Bonchev–Trinajstić information content (AvgIpc) is 2.66. The molecule has 2 heterocycles. The van der Waals surface area contributed by atoms with Gasteiger partial charge in [-0.05, 0) is 37.0 Å². The molecule has 0 aliphatic carbocycles. The number of carbonyl (C=O) groups excluding carboxylic acids is 3. The van der Waals surface area contributed by atoms with Gasteiger partial charge < -0.3 is 20.9 Å². The van der Waals surface area contributed by atoms with Crippen molar-refractivity contribution in [2.75, 3.05) is 26.2 Å². The van der Waals surface area contributed by atoms with Crippen LogP contribution in [0.2, 0.25) is 0 Å². The smallest absolute Gasteiger partial charge is 0.253 e. The minimum absolute atomic E-state index is 0.0753. The van der Waals surface area contributed by atoms with E-state index in [4.69, 9.17) is 0 Å². The standard InChI is InChI=1S/C18H24N4O3/c23-16-12-19-11-15(21-16)17(24)20-10-13-4-6-14(7-5-13)18(25)22-8-2-1-3-9-22/h4-7,15,19H,1-3,8-12H2,(H,20,24)(H,21,23)/t15-/m1/s1. The number of carbonyl (C=O) groups is 3. The van der Waals surface area contributed by atoms with Crippen LogP contribution < -0.4 is 16.0 Å². The molecule has 1 aromatic rings. The summed E-state index contributed by atoms with van der Waals surface area (Å²) < 4.78 is 0. The van der Waals surface area contributed by atoms with Crippen LogP contribution in [-0.4, -0.2) is 54.8 Å². The highest BCUT2D eigenvalue weighted by atomic mass is 16.2. The van der Waals surface area contributed by atoms with Gasteiger partial charge in [0.15, 0.2) is 0 Å². The van der Waals surface area contributed by atoms with E-state index in [0.717, 1.165) is 31.5 Å². The third-order valence-corrected chi connectivity index (χ3v) is 4.60. The predicted octanol–water partition coefficient (Wildman–Crippen LogP) is 0.0169. The zero-order valence-electron chi connectivity index (χ0n) is 14.2. The summed E-state index contributed by atoms with van der Waals surface area (Å²) in [6.07, 6.45) is 3.34. The average molecular weight is 344 g/mol. The fourth-order valence-corrected chi connectivity index (χ4v) is 3.14. The number of hydrogen-bond donors (Lipinski definition) is 3. The van der Waals surface area contributed by atoms with E-state index in [9.17, 15) is 14.4 Å². The summed E-state index contributed by atoms with van der Waals surface area (Å²) in [6, 6.07) is 6.79. The number of nitrogens with one attached hydrogen (secondary N) is 3. The maximum absolute atomic E-state index is 12.4. The second-order valence-corrected chi connectivity index (χ2v) is 6.52. The summed E-state index contributed by atoms with van der Waals surface area (Å²) >= 11 is 0. The Balaban J connectivity index is 1.51. The van der Waals surface area contributed by atoms with Crippen LogP contribution in [0.4, 0.5) is 0 Å². The minimum atomic E-state index is -0.541. The molecule has 0 bridgehead atoms. The summed E-state index contributed by atoms with van der Waals surface area (Å²) in [6.45, 7) is 2.70. The van der Waals surface area contributed by atoms with Gasteiger partial charge in [0.25, 0.3) is 5.91 Å². The van der Waals surface area contributed by atoms with Crippen LogP contribution in [0.25, 0.3) is 0 Å². The van der Waals surface area contributed by atoms with E-state index in [1.807, 2.05) is 29.2 Å². The highest BCUT2D eigenvalue weighted by molar-refractivity contribution is 5.94. The van der Waals surface area contributed by atoms with Gasteiger partial charge >= 0.3 is 0 Å². The Morgan fingerprint density at radius 1 is 1.12 bits per heavy atom. The lowest BCUT2D eigenvalue weighted by Gasteiger charge is -2.26. The molecule has 2 aliphatic rings. The maximum atomic E-state index is 12.4. The lowest BCUT2D eigenvalue weighted by atomic mass is 10.1. The van der Waals surface area contributed by atoms with Gasteiger partial charge in [-0.25, -0.2) is 0 Å². The van der Waals surface area contributed by atoms with Gasteiger partial charge in [-0.3, -0.25) is 14.4 Å². The molecule has 2 saturated heterocycles. The lowest BCUT2D eigenvalue weighted by molar-refractivity contribution is -0.130. The first kappa shape index (κ1) is 17.4. The number of likely N-dealkylation sites (tertiary alicyclic amines) is 1. The number of benzene rings is 1. The quantitative estimate of drug-likeness (QED) is 0.718. The summed E-state index contributed by atoms with van der Waals surface area (Å²) in [4.78, 5) is 37.7. The van der Waals surface area contributed by atoms with Gasteiger partial charge in [-0.2, -0.15) is 0 Å². The van der Waals surface area contributed by atoms with Crippen molar-refractivity contribution in [3.8, 4) is 0 Å². The number of amides is 3. The molecule has 7 heteroatoms. The van der Waals surface area contributed by atoms with Crippen LogP contribution in [0.3, 0.4) is 0 Å². The number of piperazine rings is 1. The molecule has 2 aliphatic heterocycles. The van der Waals surface area contributed by atoms with Crippen molar-refractivity contribution >= 4 is 17.7 Å². The number of hydrogen-bond acceptors (Lipinski definition) is 4. The first-order chi connectivity index (χ1) is 12.1. The fourth-order valence-electron chi connectivity index (χ4n) is 3.14. The van der Waals surface area contributed by atoms with Crippen molar-refractivity contribution < 1.29 is 14.4 Å². The van der Waals surface area contributed by atoms with Crippen LogP contribution in [0.15, 0.2) is 24.3 Å². The highest BCUT2D eigenvalue weighted by Gasteiger charge is 2.24. The Labute approximate surface area is 147 Å². The SMILES string of the molecule is O=C1CNC[C@H](C(=O)NCc2ccc(C(=O)N3CCCCC3)cc2)N1. The molecule has 0 radical (unpaired) electrons. The van der Waals surface area contributed by atoms with Gasteiger partial charge in [0.1, 0.15) is 6.04 Å². The molecule has 3 amide bonds. The van der Waals surface area contributed by atoms with Crippen molar-refractivity contribution in [3.63, 3.8) is 0 Å². The van der Waals surface area contributed by atoms with E-state index < -0.39 is 6.04 Å². The Bertz CT molecular complexity index is 638. The van der Waals surface area contributed by atoms with E-state index in [1.54, 1.807) is 0 Å². The zero-order chi connectivity index (χ0) is 17.6. The third kappa shape index (κ3) is 4.57. The molecule has 2 fully saturated rings. The van der Waals surface area contributed by atoms with Gasteiger partial charge in [-0.15, -0.1) is 0 Å². The molecular formula is C18H24N4O3. The van der Waals surface area contributed by atoms with Crippen molar-refractivity contribution in [3.05, 3.63) is 35.4 Å². The van der Waals surface area contributed by atoms with Crippen molar-refractivity contribution in [1.29, 1.82) is 0 Å². The van der Waals surface area contributed by atoms with Crippen LogP contribution in [0.1, 0.15) is 35.2 Å². The van der Waals surface area contributed by atoms with Crippen LogP contribution >= 0.6 is 0 Å². The number of piperidine rings is 1. The van der Waals surface area contributed by atoms with E-state index in [0.29, 0.717) is 18.7 Å². The van der Waals surface area contributed by atoms with Crippen molar-refractivity contribution in [2.24, 2.45) is 0 Å². The molecule has 3 rings (SSSR count). The molecule has 1 atom stereocenters. The molecule has 134 valence electrons. The molecule has 0 aromatic heterocycles. The zero-order valence-corrected chi connectivity index (χ0v) is 14.2. The van der Waals surface area contributed by atoms with E-state index >= 15 is 0 Å². The summed E-state index contributed by atoms with van der Waals surface area (Å²) in [5, 5.41) is 8.36. The summed E-state index contributed by atoms with van der Waals surface area (Å²) in [7, 11) is 0. The first-order valence-corrected chi connectivity index (χ1v) is 8.79. The maximum Gasteiger partial charge on any atom is 0.253 e. The van der Waals surface area contributed by atoms with Crippen molar-refractivity contribution in [2.45, 2.75) is 31.8 Å². The van der Waals surface area contributed by atoms with Gasteiger partial charge in [0, 0.05) is 31.7 Å². The molecule has 25 heavy (non-hydrogen) atoms. The second-order valence-electron chi connectivity index (χ2n) is 6.52. The molecule has 0 saturated carbocycles. The van der Waals surface area contributed by atoms with Crippen LogP contribution in [0.5, 0.6) is 0 Å². The molecular weight excluding hydrogens is 320 g/mol. The molecule has 0 unspecified atom stereocenters. The number of nitrogens with zero attached hydrogens (tertiary/aromatic N) is 1. The summed E-state index contributed by atoms with van der Waals surface area (Å²) in [5.41, 5.74) is 1.60. The van der Waals surface area contributed by atoms with Crippen LogP contribution in [-0.2, 0) is 16.1 Å². The largest absolute Gasteiger partial charge is 0.350 e. The normalized spacial score (nSPS) is 20.7. The minimum Gasteiger partial charge on any atom is -0.350 e.